The predicted molar refractivity (Wildman–Crippen MR) is 101 cm³/mol. The minimum atomic E-state index is -4.20. The van der Waals surface area contributed by atoms with Gasteiger partial charge in [-0.1, -0.05) is 31.0 Å². The van der Waals surface area contributed by atoms with Gasteiger partial charge in [0.05, 0.1) is 6.42 Å². The Morgan fingerprint density at radius 3 is 2.62 bits per heavy atom. The summed E-state index contributed by atoms with van der Waals surface area (Å²) in [5, 5.41) is 2.81. The van der Waals surface area contributed by atoms with Gasteiger partial charge in [-0.2, -0.15) is 13.2 Å². The van der Waals surface area contributed by atoms with Gasteiger partial charge < -0.3 is 4.98 Å². The lowest BCUT2D eigenvalue weighted by Crippen LogP contribution is -2.15. The number of fused-ring (bicyclic) bond motifs is 1. The summed E-state index contributed by atoms with van der Waals surface area (Å²) in [6.45, 7) is 2.02. The zero-order valence-corrected chi connectivity index (χ0v) is 15.5. The summed E-state index contributed by atoms with van der Waals surface area (Å²) < 4.78 is 40.4. The van der Waals surface area contributed by atoms with E-state index in [0.717, 1.165) is 58.3 Å². The number of halogens is 3. The Balaban J connectivity index is 1.92. The SMILES string of the molecule is Cc1ccc2c(C(CC(F)(F)F)c3cccs3)c(C3CCCC3)[nH]c2c1. The summed E-state index contributed by atoms with van der Waals surface area (Å²) in [4.78, 5) is 4.31. The van der Waals surface area contributed by atoms with Gasteiger partial charge in [-0.05, 0) is 54.3 Å². The number of benzene rings is 1. The standard InChI is InChI=1S/C21H22F3NS/c1-13-8-9-15-17(11-13)25-20(14-5-2-3-6-14)19(15)16(12-21(22,23)24)18-7-4-10-26-18/h4,7-11,14,16,25H,2-3,5-6,12H2,1H3. The van der Waals surface area contributed by atoms with Gasteiger partial charge in [0.2, 0.25) is 0 Å². The van der Waals surface area contributed by atoms with Crippen LogP contribution in [0, 0.1) is 6.92 Å². The highest BCUT2D eigenvalue weighted by molar-refractivity contribution is 7.10. The number of rotatable bonds is 4. The Labute approximate surface area is 155 Å². The van der Waals surface area contributed by atoms with Gasteiger partial charge in [0.15, 0.2) is 0 Å². The van der Waals surface area contributed by atoms with Crippen molar-refractivity contribution in [1.82, 2.24) is 4.98 Å². The van der Waals surface area contributed by atoms with Crippen molar-refractivity contribution < 1.29 is 13.2 Å². The van der Waals surface area contributed by atoms with Crippen molar-refractivity contribution in [3.8, 4) is 0 Å². The highest BCUT2D eigenvalue weighted by atomic mass is 32.1. The molecule has 1 N–H and O–H groups in total. The van der Waals surface area contributed by atoms with E-state index in [1.165, 1.54) is 11.3 Å². The number of aryl methyl sites for hydroxylation is 1. The van der Waals surface area contributed by atoms with Gasteiger partial charge in [-0.25, -0.2) is 0 Å². The number of thiophene rings is 1. The smallest absolute Gasteiger partial charge is 0.358 e. The Hall–Kier alpha value is -1.75. The molecule has 0 saturated heterocycles. The van der Waals surface area contributed by atoms with E-state index in [0.29, 0.717) is 5.92 Å². The average molecular weight is 377 g/mol. The molecule has 0 radical (unpaired) electrons. The third-order valence-corrected chi connectivity index (χ3v) is 6.44. The summed E-state index contributed by atoms with van der Waals surface area (Å²) in [5.41, 5.74) is 3.98. The summed E-state index contributed by atoms with van der Waals surface area (Å²) in [5.74, 6) is -0.296. The second-order valence-electron chi connectivity index (χ2n) is 7.37. The molecule has 1 saturated carbocycles. The molecule has 26 heavy (non-hydrogen) atoms. The maximum absolute atomic E-state index is 13.5. The van der Waals surface area contributed by atoms with Gasteiger partial charge in [0.25, 0.3) is 0 Å². The first-order valence-electron chi connectivity index (χ1n) is 9.14. The second-order valence-corrected chi connectivity index (χ2v) is 8.35. The van der Waals surface area contributed by atoms with Crippen LogP contribution in [-0.2, 0) is 0 Å². The lowest BCUT2D eigenvalue weighted by molar-refractivity contribution is -0.136. The molecule has 4 rings (SSSR count). The van der Waals surface area contributed by atoms with Crippen molar-refractivity contribution in [3.63, 3.8) is 0 Å². The first-order valence-corrected chi connectivity index (χ1v) is 10.0. The highest BCUT2D eigenvalue weighted by Crippen LogP contribution is 2.46. The van der Waals surface area contributed by atoms with Crippen LogP contribution in [0.25, 0.3) is 10.9 Å². The number of H-pyrrole nitrogens is 1. The van der Waals surface area contributed by atoms with Gasteiger partial charge >= 0.3 is 6.18 Å². The number of alkyl halides is 3. The van der Waals surface area contributed by atoms with E-state index in [9.17, 15) is 13.2 Å². The molecule has 1 unspecified atom stereocenters. The van der Waals surface area contributed by atoms with Crippen LogP contribution in [0.3, 0.4) is 0 Å². The first-order chi connectivity index (χ1) is 12.4. The third-order valence-electron chi connectivity index (χ3n) is 5.46. The number of hydrogen-bond donors (Lipinski definition) is 1. The molecule has 1 aromatic carbocycles. The van der Waals surface area contributed by atoms with Crippen LogP contribution in [0.1, 0.15) is 65.6 Å². The van der Waals surface area contributed by atoms with Crippen molar-refractivity contribution in [2.45, 2.75) is 57.0 Å². The van der Waals surface area contributed by atoms with Gasteiger partial charge in [-0.15, -0.1) is 11.3 Å². The molecule has 1 nitrogen and oxygen atoms in total. The van der Waals surface area contributed by atoms with Crippen LogP contribution < -0.4 is 0 Å². The van der Waals surface area contributed by atoms with Crippen molar-refractivity contribution in [2.24, 2.45) is 0 Å². The van der Waals surface area contributed by atoms with Crippen LogP contribution in [0.5, 0.6) is 0 Å². The van der Waals surface area contributed by atoms with Gasteiger partial charge in [0, 0.05) is 27.4 Å². The number of aromatic amines is 1. The molecular formula is C21H22F3NS. The molecule has 138 valence electrons. The Kier molecular flexibility index (Phi) is 4.59. The van der Waals surface area contributed by atoms with Crippen molar-refractivity contribution in [3.05, 3.63) is 57.4 Å². The Morgan fingerprint density at radius 2 is 1.96 bits per heavy atom. The molecule has 5 heteroatoms. The molecule has 0 amide bonds. The summed E-state index contributed by atoms with van der Waals surface area (Å²) in [6.07, 6.45) is -0.587. The van der Waals surface area contributed by atoms with Crippen molar-refractivity contribution in [1.29, 1.82) is 0 Å². The van der Waals surface area contributed by atoms with Crippen LogP contribution in [0.15, 0.2) is 35.7 Å². The number of hydrogen-bond acceptors (Lipinski definition) is 1. The quantitative estimate of drug-likeness (QED) is 0.492. The summed E-state index contributed by atoms with van der Waals surface area (Å²) in [6, 6.07) is 9.73. The molecule has 1 aliphatic carbocycles. The molecule has 1 aliphatic rings. The van der Waals surface area contributed by atoms with Crippen molar-refractivity contribution in [2.75, 3.05) is 0 Å². The fraction of sp³-hybridized carbons (Fsp3) is 0.429. The second kappa shape index (κ2) is 6.76. The fourth-order valence-electron chi connectivity index (χ4n) is 4.33. The van der Waals surface area contributed by atoms with Crippen LogP contribution >= 0.6 is 11.3 Å². The lowest BCUT2D eigenvalue weighted by atomic mass is 9.87. The lowest BCUT2D eigenvalue weighted by Gasteiger charge is -2.21. The van der Waals surface area contributed by atoms with E-state index < -0.39 is 18.5 Å². The molecular weight excluding hydrogens is 355 g/mol. The van der Waals surface area contributed by atoms with E-state index in [4.69, 9.17) is 0 Å². The van der Waals surface area contributed by atoms with E-state index in [-0.39, 0.29) is 0 Å². The Morgan fingerprint density at radius 1 is 1.19 bits per heavy atom. The average Bonchev–Trinajstić information content (AvgIpc) is 3.31. The van der Waals surface area contributed by atoms with E-state index in [1.54, 1.807) is 0 Å². The number of nitrogens with one attached hydrogen (secondary N) is 1. The number of aromatic nitrogens is 1. The maximum atomic E-state index is 13.5. The molecule has 2 aromatic heterocycles. The van der Waals surface area contributed by atoms with Gasteiger partial charge in [-0.3, -0.25) is 0 Å². The Bertz CT molecular complexity index is 886. The van der Waals surface area contributed by atoms with Crippen LogP contribution in [-0.4, -0.2) is 11.2 Å². The summed E-state index contributed by atoms with van der Waals surface area (Å²) >= 11 is 1.42. The zero-order valence-electron chi connectivity index (χ0n) is 14.7. The molecule has 1 fully saturated rings. The largest absolute Gasteiger partial charge is 0.390 e. The van der Waals surface area contributed by atoms with Gasteiger partial charge in [0.1, 0.15) is 0 Å². The normalized spacial score (nSPS) is 17.2. The zero-order chi connectivity index (χ0) is 18.3. The monoisotopic (exact) mass is 377 g/mol. The third kappa shape index (κ3) is 3.41. The molecule has 0 bridgehead atoms. The summed E-state index contributed by atoms with van der Waals surface area (Å²) in [7, 11) is 0. The molecule has 0 spiro atoms. The van der Waals surface area contributed by atoms with Crippen molar-refractivity contribution >= 4 is 22.2 Å². The van der Waals surface area contributed by atoms with Crippen LogP contribution in [0.4, 0.5) is 13.2 Å². The predicted octanol–water partition coefficient (Wildman–Crippen LogP) is 7.28. The molecule has 2 heterocycles. The topological polar surface area (TPSA) is 15.8 Å². The minimum Gasteiger partial charge on any atom is -0.358 e. The highest BCUT2D eigenvalue weighted by Gasteiger charge is 2.37. The van der Waals surface area contributed by atoms with E-state index >= 15 is 0 Å². The molecule has 1 atom stereocenters. The maximum Gasteiger partial charge on any atom is 0.390 e. The fourth-order valence-corrected chi connectivity index (χ4v) is 5.17. The van der Waals surface area contributed by atoms with E-state index in [1.807, 2.05) is 36.6 Å². The van der Waals surface area contributed by atoms with E-state index in [2.05, 4.69) is 11.1 Å². The molecule has 0 aliphatic heterocycles. The minimum absolute atomic E-state index is 0.341. The van der Waals surface area contributed by atoms with Crippen LogP contribution in [0.2, 0.25) is 0 Å². The molecule has 3 aromatic rings. The first kappa shape index (κ1) is 17.7.